The normalized spacial score (nSPS) is 17.7. The van der Waals surface area contributed by atoms with Crippen LogP contribution < -0.4 is 0 Å². The van der Waals surface area contributed by atoms with Crippen LogP contribution in [-0.2, 0) is 11.3 Å². The van der Waals surface area contributed by atoms with Crippen LogP contribution in [0.2, 0.25) is 0 Å². The van der Waals surface area contributed by atoms with Crippen molar-refractivity contribution in [1.82, 2.24) is 14.8 Å². The second-order valence-electron chi connectivity index (χ2n) is 7.21. The quantitative estimate of drug-likeness (QED) is 0.835. The highest BCUT2D eigenvalue weighted by Crippen LogP contribution is 2.20. The number of aryl methyl sites for hydroxylation is 2. The van der Waals surface area contributed by atoms with Crippen molar-refractivity contribution in [3.63, 3.8) is 0 Å². The molecule has 2 heterocycles. The molecule has 0 N–H and O–H groups in total. The Labute approximate surface area is 161 Å². The molecule has 27 heavy (non-hydrogen) atoms. The maximum atomic E-state index is 13.1. The van der Waals surface area contributed by atoms with E-state index in [0.29, 0.717) is 31.6 Å². The number of rotatable bonds is 4. The highest BCUT2D eigenvalue weighted by atomic mass is 16.2. The first-order valence-electron chi connectivity index (χ1n) is 9.55. The molecule has 0 radical (unpaired) electrons. The highest BCUT2D eigenvalue weighted by molar-refractivity contribution is 5.95. The Balaban J connectivity index is 1.80. The first-order valence-corrected chi connectivity index (χ1v) is 9.55. The van der Waals surface area contributed by atoms with E-state index in [-0.39, 0.29) is 17.9 Å². The number of benzene rings is 1. The lowest BCUT2D eigenvalue weighted by molar-refractivity contribution is -0.133. The molecule has 1 aromatic carbocycles. The van der Waals surface area contributed by atoms with Crippen LogP contribution in [0, 0.1) is 13.8 Å². The fourth-order valence-corrected chi connectivity index (χ4v) is 3.64. The molecule has 0 spiro atoms. The fourth-order valence-electron chi connectivity index (χ4n) is 3.64. The van der Waals surface area contributed by atoms with Crippen LogP contribution in [0.1, 0.15) is 46.9 Å². The standard InChI is InChI=1S/C22H27N3O2/c1-4-19-15-24(22(27)20-13-23-17(3)12-16(20)2)11-10-21(26)25(19)14-18-8-6-5-7-9-18/h5-9,12-13,19H,4,10-11,14-15H2,1-3H3/t19-/m1/s1. The lowest BCUT2D eigenvalue weighted by Crippen LogP contribution is -2.43. The molecule has 142 valence electrons. The smallest absolute Gasteiger partial charge is 0.255 e. The van der Waals surface area contributed by atoms with Gasteiger partial charge in [0.05, 0.1) is 5.56 Å². The van der Waals surface area contributed by atoms with E-state index in [1.54, 1.807) is 6.20 Å². The zero-order valence-electron chi connectivity index (χ0n) is 16.3. The number of hydrogen-bond acceptors (Lipinski definition) is 3. The van der Waals surface area contributed by atoms with Gasteiger partial charge in [0.1, 0.15) is 0 Å². The molecule has 3 rings (SSSR count). The summed E-state index contributed by atoms with van der Waals surface area (Å²) < 4.78 is 0. The molecular weight excluding hydrogens is 338 g/mol. The van der Waals surface area contributed by atoms with Crippen molar-refractivity contribution < 1.29 is 9.59 Å². The molecule has 1 aromatic heterocycles. The van der Waals surface area contributed by atoms with Gasteiger partial charge >= 0.3 is 0 Å². The largest absolute Gasteiger partial charge is 0.336 e. The molecular formula is C22H27N3O2. The molecule has 1 aliphatic heterocycles. The molecule has 2 amide bonds. The molecule has 0 saturated carbocycles. The number of carbonyl (C=O) groups excluding carboxylic acids is 2. The monoisotopic (exact) mass is 365 g/mol. The maximum absolute atomic E-state index is 13.1. The molecule has 1 aliphatic rings. The third-order valence-corrected chi connectivity index (χ3v) is 5.22. The van der Waals surface area contributed by atoms with Crippen molar-refractivity contribution in [1.29, 1.82) is 0 Å². The van der Waals surface area contributed by atoms with Crippen molar-refractivity contribution in [2.45, 2.75) is 46.2 Å². The van der Waals surface area contributed by atoms with Crippen molar-refractivity contribution in [2.24, 2.45) is 0 Å². The second kappa shape index (κ2) is 8.33. The summed E-state index contributed by atoms with van der Waals surface area (Å²) in [6.45, 7) is 7.52. The van der Waals surface area contributed by atoms with E-state index in [4.69, 9.17) is 0 Å². The third-order valence-electron chi connectivity index (χ3n) is 5.22. The zero-order chi connectivity index (χ0) is 19.4. The molecule has 2 aromatic rings. The highest BCUT2D eigenvalue weighted by Gasteiger charge is 2.31. The predicted octanol–water partition coefficient (Wildman–Crippen LogP) is 3.35. The number of pyridine rings is 1. The van der Waals surface area contributed by atoms with Crippen molar-refractivity contribution in [3.8, 4) is 0 Å². The van der Waals surface area contributed by atoms with Crippen molar-refractivity contribution in [3.05, 3.63) is 65.0 Å². The Bertz CT molecular complexity index is 820. The van der Waals surface area contributed by atoms with Gasteiger partial charge in [0.25, 0.3) is 5.91 Å². The summed E-state index contributed by atoms with van der Waals surface area (Å²) in [7, 11) is 0. The molecule has 0 unspecified atom stereocenters. The zero-order valence-corrected chi connectivity index (χ0v) is 16.3. The minimum absolute atomic E-state index is 0.0165. The van der Waals surface area contributed by atoms with Gasteiger partial charge in [0.2, 0.25) is 5.91 Å². The lowest BCUT2D eigenvalue weighted by atomic mass is 10.1. The SMILES string of the molecule is CC[C@@H]1CN(C(=O)c2cnc(C)cc2C)CCC(=O)N1Cc1ccccc1. The maximum Gasteiger partial charge on any atom is 0.255 e. The molecule has 1 saturated heterocycles. The predicted molar refractivity (Wildman–Crippen MR) is 105 cm³/mol. The van der Waals surface area contributed by atoms with Gasteiger partial charge in [-0.15, -0.1) is 0 Å². The van der Waals surface area contributed by atoms with Gasteiger partial charge in [-0.3, -0.25) is 14.6 Å². The average molecular weight is 365 g/mol. The van der Waals surface area contributed by atoms with Crippen LogP contribution in [-0.4, -0.2) is 45.7 Å². The number of carbonyl (C=O) groups is 2. The van der Waals surface area contributed by atoms with E-state index >= 15 is 0 Å². The van der Waals surface area contributed by atoms with Crippen LogP contribution in [0.25, 0.3) is 0 Å². The number of hydrogen-bond donors (Lipinski definition) is 0. The molecule has 0 aliphatic carbocycles. The first kappa shape index (κ1) is 19.1. The van der Waals surface area contributed by atoms with E-state index in [2.05, 4.69) is 11.9 Å². The number of amides is 2. The molecule has 1 atom stereocenters. The third kappa shape index (κ3) is 4.35. The minimum Gasteiger partial charge on any atom is -0.336 e. The van der Waals surface area contributed by atoms with Crippen LogP contribution in [0.15, 0.2) is 42.6 Å². The summed E-state index contributed by atoms with van der Waals surface area (Å²) in [5.41, 5.74) is 3.56. The van der Waals surface area contributed by atoms with Gasteiger partial charge in [-0.05, 0) is 37.5 Å². The topological polar surface area (TPSA) is 53.5 Å². The summed E-state index contributed by atoms with van der Waals surface area (Å²) in [6, 6.07) is 12.0. The average Bonchev–Trinajstić information content (AvgIpc) is 2.82. The Morgan fingerprint density at radius 2 is 1.96 bits per heavy atom. The van der Waals surface area contributed by atoms with Gasteiger partial charge in [0.15, 0.2) is 0 Å². The van der Waals surface area contributed by atoms with Crippen LogP contribution in [0.4, 0.5) is 0 Å². The van der Waals surface area contributed by atoms with Crippen LogP contribution in [0.3, 0.4) is 0 Å². The summed E-state index contributed by atoms with van der Waals surface area (Å²) in [5.74, 6) is 0.0765. The van der Waals surface area contributed by atoms with E-state index in [9.17, 15) is 9.59 Å². The van der Waals surface area contributed by atoms with Gasteiger partial charge < -0.3 is 9.80 Å². The Kier molecular flexibility index (Phi) is 5.89. The second-order valence-corrected chi connectivity index (χ2v) is 7.21. The Morgan fingerprint density at radius 3 is 2.63 bits per heavy atom. The van der Waals surface area contributed by atoms with Crippen LogP contribution in [0.5, 0.6) is 0 Å². The van der Waals surface area contributed by atoms with E-state index < -0.39 is 0 Å². The van der Waals surface area contributed by atoms with Crippen LogP contribution >= 0.6 is 0 Å². The molecule has 5 heteroatoms. The van der Waals surface area contributed by atoms with E-state index in [1.165, 1.54) is 0 Å². The van der Waals surface area contributed by atoms with Crippen molar-refractivity contribution >= 4 is 11.8 Å². The minimum atomic E-state index is -0.0344. The van der Waals surface area contributed by atoms with E-state index in [1.807, 2.05) is 60.0 Å². The summed E-state index contributed by atoms with van der Waals surface area (Å²) >= 11 is 0. The number of nitrogens with zero attached hydrogens (tertiary/aromatic N) is 3. The Hall–Kier alpha value is -2.69. The lowest BCUT2D eigenvalue weighted by Gasteiger charge is -2.31. The van der Waals surface area contributed by atoms with Gasteiger partial charge in [-0.25, -0.2) is 0 Å². The van der Waals surface area contributed by atoms with E-state index in [0.717, 1.165) is 23.2 Å². The Morgan fingerprint density at radius 1 is 1.22 bits per heavy atom. The fraction of sp³-hybridized carbons (Fsp3) is 0.409. The summed E-state index contributed by atoms with van der Waals surface area (Å²) in [6.07, 6.45) is 2.82. The van der Waals surface area contributed by atoms with Gasteiger partial charge in [-0.1, -0.05) is 37.3 Å². The van der Waals surface area contributed by atoms with Crippen molar-refractivity contribution in [2.75, 3.05) is 13.1 Å². The summed E-state index contributed by atoms with van der Waals surface area (Å²) in [5, 5.41) is 0. The van der Waals surface area contributed by atoms with Gasteiger partial charge in [-0.2, -0.15) is 0 Å². The summed E-state index contributed by atoms with van der Waals surface area (Å²) in [4.78, 5) is 33.9. The number of aromatic nitrogens is 1. The van der Waals surface area contributed by atoms with Gasteiger partial charge in [0, 0.05) is 44.0 Å². The molecule has 1 fully saturated rings. The molecule has 0 bridgehead atoms. The molecule has 5 nitrogen and oxygen atoms in total. The first-order chi connectivity index (χ1) is 13.0.